The molecule has 0 heterocycles. The van der Waals surface area contributed by atoms with Crippen LogP contribution in [0.5, 0.6) is 0 Å². The molecule has 0 aliphatic carbocycles. The summed E-state index contributed by atoms with van der Waals surface area (Å²) in [6, 6.07) is 11.5. The van der Waals surface area contributed by atoms with Crippen molar-refractivity contribution in [3.63, 3.8) is 0 Å². The van der Waals surface area contributed by atoms with Crippen LogP contribution in [0.15, 0.2) is 42.5 Å². The predicted molar refractivity (Wildman–Crippen MR) is 90.6 cm³/mol. The third kappa shape index (κ3) is 4.33. The Morgan fingerprint density at radius 3 is 2.38 bits per heavy atom. The molecule has 21 heavy (non-hydrogen) atoms. The van der Waals surface area contributed by atoms with Crippen molar-refractivity contribution < 1.29 is 9.59 Å². The molecule has 0 aliphatic heterocycles. The number of carbonyl (C=O) groups excluding carboxylic acids is 2. The number of hydrogen-bond donors (Lipinski definition) is 2. The summed E-state index contributed by atoms with van der Waals surface area (Å²) in [6.07, 6.45) is 0. The number of carbonyl (C=O) groups is 2. The van der Waals surface area contributed by atoms with Crippen LogP contribution in [0.1, 0.15) is 20.7 Å². The summed E-state index contributed by atoms with van der Waals surface area (Å²) >= 11 is 13.8. The van der Waals surface area contributed by atoms with E-state index in [1.807, 2.05) is 6.07 Å². The zero-order valence-electron chi connectivity index (χ0n) is 10.5. The normalized spacial score (nSPS) is 10.0. The fourth-order valence-electron chi connectivity index (χ4n) is 1.55. The quantitative estimate of drug-likeness (QED) is 0.559. The third-order valence-corrected chi connectivity index (χ3v) is 3.79. The monoisotopic (exact) mass is 434 g/mol. The van der Waals surface area contributed by atoms with Gasteiger partial charge in [-0.25, -0.2) is 0 Å². The van der Waals surface area contributed by atoms with Crippen molar-refractivity contribution in [2.24, 2.45) is 0 Å². The maximum absolute atomic E-state index is 12.0. The number of benzene rings is 2. The van der Waals surface area contributed by atoms with E-state index in [-0.39, 0.29) is 10.6 Å². The Kier molecular flexibility index (Phi) is 5.44. The van der Waals surface area contributed by atoms with Gasteiger partial charge in [-0.3, -0.25) is 20.4 Å². The molecular weight excluding hydrogens is 426 g/mol. The van der Waals surface area contributed by atoms with Gasteiger partial charge in [-0.2, -0.15) is 0 Å². The first-order chi connectivity index (χ1) is 9.97. The lowest BCUT2D eigenvalue weighted by Crippen LogP contribution is -2.41. The van der Waals surface area contributed by atoms with Gasteiger partial charge in [0, 0.05) is 14.2 Å². The molecule has 0 atom stereocenters. The van der Waals surface area contributed by atoms with Crippen LogP contribution in [0.2, 0.25) is 10.0 Å². The second-order valence-corrected chi connectivity index (χ2v) is 6.13. The summed E-state index contributed by atoms with van der Waals surface area (Å²) in [5.74, 6) is -0.957. The van der Waals surface area contributed by atoms with Crippen LogP contribution in [0.25, 0.3) is 0 Å². The van der Waals surface area contributed by atoms with Crippen molar-refractivity contribution in [2.45, 2.75) is 0 Å². The summed E-state index contributed by atoms with van der Waals surface area (Å²) in [4.78, 5) is 23.8. The molecule has 0 bridgehead atoms. The lowest BCUT2D eigenvalue weighted by molar-refractivity contribution is 0.0846. The Balaban J connectivity index is 2.04. The van der Waals surface area contributed by atoms with Crippen LogP contribution in [-0.4, -0.2) is 11.8 Å². The summed E-state index contributed by atoms with van der Waals surface area (Å²) in [6.45, 7) is 0. The Bertz CT molecular complexity index is 707. The number of nitrogens with one attached hydrogen (secondary N) is 2. The first kappa shape index (κ1) is 16.1. The summed E-state index contributed by atoms with van der Waals surface area (Å²) in [5, 5.41) is 0.633. The van der Waals surface area contributed by atoms with E-state index in [4.69, 9.17) is 23.2 Å². The van der Waals surface area contributed by atoms with Gasteiger partial charge in [-0.05, 0) is 59.0 Å². The van der Waals surface area contributed by atoms with Gasteiger partial charge in [0.2, 0.25) is 0 Å². The van der Waals surface area contributed by atoms with Gasteiger partial charge in [-0.1, -0.05) is 29.3 Å². The van der Waals surface area contributed by atoms with Gasteiger partial charge in [0.25, 0.3) is 11.8 Å². The zero-order valence-corrected chi connectivity index (χ0v) is 14.2. The first-order valence-corrected chi connectivity index (χ1v) is 7.62. The first-order valence-electron chi connectivity index (χ1n) is 5.78. The van der Waals surface area contributed by atoms with Gasteiger partial charge in [0.1, 0.15) is 0 Å². The number of rotatable bonds is 2. The molecule has 7 heteroatoms. The fourth-order valence-corrected chi connectivity index (χ4v) is 2.47. The topological polar surface area (TPSA) is 58.2 Å². The Morgan fingerprint density at radius 1 is 0.952 bits per heavy atom. The molecule has 108 valence electrons. The van der Waals surface area contributed by atoms with Crippen LogP contribution in [-0.2, 0) is 0 Å². The van der Waals surface area contributed by atoms with Crippen LogP contribution in [0.4, 0.5) is 0 Å². The highest BCUT2D eigenvalue weighted by Crippen LogP contribution is 2.20. The van der Waals surface area contributed by atoms with E-state index in [1.54, 1.807) is 24.3 Å². The number of halogens is 3. The second-order valence-electron chi connectivity index (χ2n) is 4.04. The average Bonchev–Trinajstić information content (AvgIpc) is 2.47. The highest BCUT2D eigenvalue weighted by Gasteiger charge is 2.12. The maximum Gasteiger partial charge on any atom is 0.271 e. The lowest BCUT2D eigenvalue weighted by Gasteiger charge is -2.09. The smallest absolute Gasteiger partial charge is 0.267 e. The number of amides is 2. The van der Waals surface area contributed by atoms with E-state index >= 15 is 0 Å². The van der Waals surface area contributed by atoms with Crippen molar-refractivity contribution >= 4 is 57.6 Å². The molecule has 2 aromatic rings. The average molecular weight is 435 g/mol. The van der Waals surface area contributed by atoms with E-state index < -0.39 is 11.8 Å². The highest BCUT2D eigenvalue weighted by molar-refractivity contribution is 14.1. The minimum absolute atomic E-state index is 0.187. The van der Waals surface area contributed by atoms with Crippen LogP contribution < -0.4 is 10.9 Å². The third-order valence-electron chi connectivity index (χ3n) is 2.55. The van der Waals surface area contributed by atoms with Gasteiger partial charge in [0.15, 0.2) is 0 Å². The standard InChI is InChI=1S/C14H9Cl2IN2O2/c15-9-4-5-12(16)11(7-9)14(21)19-18-13(20)8-2-1-3-10(17)6-8/h1-7H,(H,18,20)(H,19,21). The summed E-state index contributed by atoms with van der Waals surface area (Å²) in [5.41, 5.74) is 5.26. The molecule has 0 fully saturated rings. The molecule has 2 amide bonds. The van der Waals surface area contributed by atoms with E-state index in [0.717, 1.165) is 3.57 Å². The minimum atomic E-state index is -0.540. The van der Waals surface area contributed by atoms with E-state index in [0.29, 0.717) is 10.6 Å². The van der Waals surface area contributed by atoms with Crippen LogP contribution >= 0.6 is 45.8 Å². The minimum Gasteiger partial charge on any atom is -0.267 e. The van der Waals surface area contributed by atoms with Gasteiger partial charge < -0.3 is 0 Å². The fraction of sp³-hybridized carbons (Fsp3) is 0. The molecule has 0 spiro atoms. The second kappa shape index (κ2) is 7.11. The largest absolute Gasteiger partial charge is 0.271 e. The SMILES string of the molecule is O=C(NNC(=O)c1cc(Cl)ccc1Cl)c1cccc(I)c1. The predicted octanol–water partition coefficient (Wildman–Crippen LogP) is 3.67. The van der Waals surface area contributed by atoms with Crippen LogP contribution in [0.3, 0.4) is 0 Å². The molecule has 0 saturated heterocycles. The van der Waals surface area contributed by atoms with Crippen molar-refractivity contribution in [1.29, 1.82) is 0 Å². The van der Waals surface area contributed by atoms with Gasteiger partial charge in [0.05, 0.1) is 10.6 Å². The van der Waals surface area contributed by atoms with E-state index in [9.17, 15) is 9.59 Å². The molecule has 2 rings (SSSR count). The molecule has 0 radical (unpaired) electrons. The van der Waals surface area contributed by atoms with Crippen molar-refractivity contribution in [3.8, 4) is 0 Å². The Hall–Kier alpha value is -1.31. The molecular formula is C14H9Cl2IN2O2. The molecule has 0 aliphatic rings. The van der Waals surface area contributed by atoms with Crippen molar-refractivity contribution in [3.05, 3.63) is 67.2 Å². The molecule has 0 unspecified atom stereocenters. The highest BCUT2D eigenvalue weighted by atomic mass is 127. The molecule has 0 aromatic heterocycles. The number of hydrogen-bond acceptors (Lipinski definition) is 2. The van der Waals surface area contributed by atoms with Crippen molar-refractivity contribution in [1.82, 2.24) is 10.9 Å². The Morgan fingerprint density at radius 2 is 1.67 bits per heavy atom. The summed E-state index contributed by atoms with van der Waals surface area (Å²) in [7, 11) is 0. The number of hydrazine groups is 1. The maximum atomic E-state index is 12.0. The molecule has 2 aromatic carbocycles. The van der Waals surface area contributed by atoms with Crippen molar-refractivity contribution in [2.75, 3.05) is 0 Å². The Labute approximate surface area is 144 Å². The zero-order chi connectivity index (χ0) is 15.4. The molecule has 4 nitrogen and oxygen atoms in total. The van der Waals surface area contributed by atoms with Gasteiger partial charge in [-0.15, -0.1) is 0 Å². The summed E-state index contributed by atoms with van der Waals surface area (Å²) < 4.78 is 0.921. The molecule has 2 N–H and O–H groups in total. The van der Waals surface area contributed by atoms with Crippen LogP contribution in [0, 0.1) is 3.57 Å². The van der Waals surface area contributed by atoms with E-state index in [1.165, 1.54) is 12.1 Å². The van der Waals surface area contributed by atoms with E-state index in [2.05, 4.69) is 33.4 Å². The molecule has 0 saturated carbocycles. The van der Waals surface area contributed by atoms with Gasteiger partial charge >= 0.3 is 0 Å². The lowest BCUT2D eigenvalue weighted by atomic mass is 10.2.